The Balaban J connectivity index is 2.60. The lowest BCUT2D eigenvalue weighted by atomic mass is 10.1. The third-order valence-electron chi connectivity index (χ3n) is 2.62. The molecule has 0 aliphatic rings. The molecule has 5 heteroatoms. The summed E-state index contributed by atoms with van der Waals surface area (Å²) >= 11 is 1.74. The van der Waals surface area contributed by atoms with Gasteiger partial charge in [-0.05, 0) is 37.8 Å². The highest BCUT2D eigenvalue weighted by Gasteiger charge is 2.15. The summed E-state index contributed by atoms with van der Waals surface area (Å²) in [5.41, 5.74) is 1.75. The van der Waals surface area contributed by atoms with Crippen molar-refractivity contribution >= 4 is 23.6 Å². The average Bonchev–Trinajstić information content (AvgIpc) is 2.40. The van der Waals surface area contributed by atoms with Gasteiger partial charge in [0.25, 0.3) is 5.91 Å². The fourth-order valence-corrected chi connectivity index (χ4v) is 2.12. The lowest BCUT2D eigenvalue weighted by molar-refractivity contribution is -0.122. The van der Waals surface area contributed by atoms with E-state index in [-0.39, 0.29) is 11.8 Å². The minimum atomic E-state index is -0.529. The normalized spacial score (nSPS) is 11.7. The topological polar surface area (TPSA) is 58.2 Å². The van der Waals surface area contributed by atoms with Crippen LogP contribution in [-0.4, -0.2) is 30.7 Å². The molecule has 1 aromatic carbocycles. The van der Waals surface area contributed by atoms with Crippen molar-refractivity contribution < 1.29 is 9.59 Å². The van der Waals surface area contributed by atoms with Crippen LogP contribution in [-0.2, 0) is 10.5 Å². The molecule has 1 rings (SSSR count). The SMILES string of the molecule is CCNC(=O)C(C)NC(=O)c1ccc(CSC)cc1. The number of hydrogen-bond donors (Lipinski definition) is 2. The summed E-state index contributed by atoms with van der Waals surface area (Å²) in [4.78, 5) is 23.5. The number of nitrogens with one attached hydrogen (secondary N) is 2. The molecule has 0 saturated carbocycles. The minimum absolute atomic E-state index is 0.171. The van der Waals surface area contributed by atoms with Gasteiger partial charge in [0.2, 0.25) is 5.91 Å². The van der Waals surface area contributed by atoms with Crippen molar-refractivity contribution in [1.82, 2.24) is 10.6 Å². The fourth-order valence-electron chi connectivity index (χ4n) is 1.59. The summed E-state index contributed by atoms with van der Waals surface area (Å²) < 4.78 is 0. The van der Waals surface area contributed by atoms with Gasteiger partial charge in [0.1, 0.15) is 6.04 Å². The molecule has 1 aromatic rings. The number of hydrogen-bond acceptors (Lipinski definition) is 3. The van der Waals surface area contributed by atoms with E-state index in [0.717, 1.165) is 5.75 Å². The molecule has 0 saturated heterocycles. The molecular formula is C14H20N2O2S. The highest BCUT2D eigenvalue weighted by atomic mass is 32.2. The molecule has 4 nitrogen and oxygen atoms in total. The number of carbonyl (C=O) groups excluding carboxylic acids is 2. The lowest BCUT2D eigenvalue weighted by Gasteiger charge is -2.13. The predicted molar refractivity (Wildman–Crippen MR) is 79.3 cm³/mol. The van der Waals surface area contributed by atoms with Crippen molar-refractivity contribution in [3.05, 3.63) is 35.4 Å². The fraction of sp³-hybridized carbons (Fsp3) is 0.429. The van der Waals surface area contributed by atoms with Crippen LogP contribution in [0.15, 0.2) is 24.3 Å². The summed E-state index contributed by atoms with van der Waals surface area (Å²) in [5.74, 6) is 0.529. The van der Waals surface area contributed by atoms with Crippen molar-refractivity contribution in [3.63, 3.8) is 0 Å². The second kappa shape index (κ2) is 7.84. The maximum atomic E-state index is 11.9. The second-order valence-electron chi connectivity index (χ2n) is 4.22. The summed E-state index contributed by atoms with van der Waals surface area (Å²) in [5, 5.41) is 5.35. The van der Waals surface area contributed by atoms with E-state index >= 15 is 0 Å². The number of likely N-dealkylation sites (N-methyl/N-ethyl adjacent to an activating group) is 1. The Kier molecular flexibility index (Phi) is 6.42. The largest absolute Gasteiger partial charge is 0.355 e. The standard InChI is InChI=1S/C14H20N2O2S/c1-4-15-13(17)10(2)16-14(18)12-7-5-11(6-8-12)9-19-3/h5-8,10H,4,9H2,1-3H3,(H,15,17)(H,16,18). The summed E-state index contributed by atoms with van der Waals surface area (Å²) in [6, 6.07) is 6.90. The molecule has 1 unspecified atom stereocenters. The van der Waals surface area contributed by atoms with Gasteiger partial charge in [-0.2, -0.15) is 11.8 Å². The molecule has 0 aromatic heterocycles. The molecule has 0 aliphatic carbocycles. The first-order valence-corrected chi connectivity index (χ1v) is 7.64. The van der Waals surface area contributed by atoms with Crippen LogP contribution in [0.2, 0.25) is 0 Å². The van der Waals surface area contributed by atoms with E-state index in [2.05, 4.69) is 10.6 Å². The molecule has 19 heavy (non-hydrogen) atoms. The first-order valence-electron chi connectivity index (χ1n) is 6.25. The van der Waals surface area contributed by atoms with E-state index in [1.807, 2.05) is 25.3 Å². The highest BCUT2D eigenvalue weighted by Crippen LogP contribution is 2.10. The Morgan fingerprint density at radius 3 is 2.42 bits per heavy atom. The van der Waals surface area contributed by atoms with Gasteiger partial charge in [0.15, 0.2) is 0 Å². The number of amides is 2. The molecule has 2 amide bonds. The van der Waals surface area contributed by atoms with Crippen LogP contribution in [0, 0.1) is 0 Å². The van der Waals surface area contributed by atoms with Crippen molar-refractivity contribution in [2.45, 2.75) is 25.6 Å². The second-order valence-corrected chi connectivity index (χ2v) is 5.09. The zero-order valence-electron chi connectivity index (χ0n) is 11.5. The average molecular weight is 280 g/mol. The quantitative estimate of drug-likeness (QED) is 0.835. The van der Waals surface area contributed by atoms with Gasteiger partial charge < -0.3 is 10.6 Å². The maximum Gasteiger partial charge on any atom is 0.251 e. The Morgan fingerprint density at radius 1 is 1.26 bits per heavy atom. The zero-order chi connectivity index (χ0) is 14.3. The van der Waals surface area contributed by atoms with Crippen molar-refractivity contribution in [1.29, 1.82) is 0 Å². The van der Waals surface area contributed by atoms with Crippen LogP contribution in [0.1, 0.15) is 29.8 Å². The van der Waals surface area contributed by atoms with Gasteiger partial charge in [-0.1, -0.05) is 12.1 Å². The Labute approximate surface area is 118 Å². The van der Waals surface area contributed by atoms with Crippen molar-refractivity contribution in [3.8, 4) is 0 Å². The van der Waals surface area contributed by atoms with Crippen LogP contribution in [0.25, 0.3) is 0 Å². The van der Waals surface area contributed by atoms with Crippen LogP contribution in [0.3, 0.4) is 0 Å². The first kappa shape index (κ1) is 15.6. The molecule has 2 N–H and O–H groups in total. The number of benzene rings is 1. The van der Waals surface area contributed by atoms with E-state index in [4.69, 9.17) is 0 Å². The Hall–Kier alpha value is -1.49. The first-order chi connectivity index (χ1) is 9.08. The molecular weight excluding hydrogens is 260 g/mol. The van der Waals surface area contributed by atoms with Gasteiger partial charge in [-0.3, -0.25) is 9.59 Å². The third-order valence-corrected chi connectivity index (χ3v) is 3.24. The monoisotopic (exact) mass is 280 g/mol. The summed E-state index contributed by atoms with van der Waals surface area (Å²) in [6.45, 7) is 4.07. The van der Waals surface area contributed by atoms with Crippen LogP contribution < -0.4 is 10.6 Å². The molecule has 104 valence electrons. The Bertz CT molecular complexity index is 432. The summed E-state index contributed by atoms with van der Waals surface area (Å²) in [7, 11) is 0. The molecule has 0 heterocycles. The van der Waals surface area contributed by atoms with Crippen LogP contribution >= 0.6 is 11.8 Å². The minimum Gasteiger partial charge on any atom is -0.355 e. The third kappa shape index (κ3) is 4.95. The number of rotatable bonds is 6. The van der Waals surface area contributed by atoms with Crippen molar-refractivity contribution in [2.75, 3.05) is 12.8 Å². The highest BCUT2D eigenvalue weighted by molar-refractivity contribution is 7.97. The lowest BCUT2D eigenvalue weighted by Crippen LogP contribution is -2.44. The molecule has 1 atom stereocenters. The predicted octanol–water partition coefficient (Wildman–Crippen LogP) is 1.80. The molecule has 0 spiro atoms. The summed E-state index contributed by atoms with van der Waals surface area (Å²) in [6.07, 6.45) is 2.04. The Morgan fingerprint density at radius 2 is 1.89 bits per heavy atom. The van der Waals surface area contributed by atoms with E-state index in [0.29, 0.717) is 12.1 Å². The van der Waals surface area contributed by atoms with Crippen LogP contribution in [0.5, 0.6) is 0 Å². The zero-order valence-corrected chi connectivity index (χ0v) is 12.3. The smallest absolute Gasteiger partial charge is 0.251 e. The molecule has 0 fully saturated rings. The molecule has 0 radical (unpaired) electrons. The maximum absolute atomic E-state index is 11.9. The number of thioether (sulfide) groups is 1. The molecule has 0 aliphatic heterocycles. The van der Waals surface area contributed by atoms with E-state index < -0.39 is 6.04 Å². The van der Waals surface area contributed by atoms with Crippen LogP contribution in [0.4, 0.5) is 0 Å². The van der Waals surface area contributed by atoms with Gasteiger partial charge in [0.05, 0.1) is 0 Å². The van der Waals surface area contributed by atoms with Crippen molar-refractivity contribution in [2.24, 2.45) is 0 Å². The van der Waals surface area contributed by atoms with Gasteiger partial charge >= 0.3 is 0 Å². The van der Waals surface area contributed by atoms with Gasteiger partial charge in [-0.25, -0.2) is 0 Å². The molecule has 0 bridgehead atoms. The van der Waals surface area contributed by atoms with Gasteiger partial charge in [-0.15, -0.1) is 0 Å². The van der Waals surface area contributed by atoms with E-state index in [1.54, 1.807) is 30.8 Å². The van der Waals surface area contributed by atoms with Gasteiger partial charge in [0, 0.05) is 17.9 Å². The number of carbonyl (C=O) groups is 2. The van der Waals surface area contributed by atoms with E-state index in [9.17, 15) is 9.59 Å². The van der Waals surface area contributed by atoms with E-state index in [1.165, 1.54) is 5.56 Å².